The summed E-state index contributed by atoms with van der Waals surface area (Å²) in [5, 5.41) is 4.07. The van der Waals surface area contributed by atoms with E-state index in [2.05, 4.69) is 15.1 Å². The standard InChI is InChI=1S/C15H20N4O/c1-10-6-7-17-9-12(10)15-18-14(20-19-15)8-11-4-2-3-5-13(11)16/h6-7,9,11,13H,2-5,8,16H2,1H3. The van der Waals surface area contributed by atoms with E-state index < -0.39 is 0 Å². The minimum Gasteiger partial charge on any atom is -0.339 e. The second kappa shape index (κ2) is 5.71. The van der Waals surface area contributed by atoms with Crippen LogP contribution < -0.4 is 5.73 Å². The van der Waals surface area contributed by atoms with Crippen LogP contribution in [-0.4, -0.2) is 21.2 Å². The molecular weight excluding hydrogens is 252 g/mol. The molecule has 0 bridgehead atoms. The van der Waals surface area contributed by atoms with Crippen molar-refractivity contribution < 1.29 is 4.52 Å². The molecular formula is C15H20N4O. The van der Waals surface area contributed by atoms with E-state index in [0.717, 1.165) is 30.4 Å². The van der Waals surface area contributed by atoms with Gasteiger partial charge in [0.05, 0.1) is 0 Å². The van der Waals surface area contributed by atoms with Crippen molar-refractivity contribution in [1.82, 2.24) is 15.1 Å². The molecule has 0 amide bonds. The summed E-state index contributed by atoms with van der Waals surface area (Å²) in [5.74, 6) is 1.77. The van der Waals surface area contributed by atoms with Crippen LogP contribution in [0, 0.1) is 12.8 Å². The lowest BCUT2D eigenvalue weighted by Crippen LogP contribution is -2.34. The lowest BCUT2D eigenvalue weighted by atomic mass is 9.83. The maximum Gasteiger partial charge on any atom is 0.227 e. The van der Waals surface area contributed by atoms with Crippen LogP contribution in [0.3, 0.4) is 0 Å². The van der Waals surface area contributed by atoms with E-state index in [4.69, 9.17) is 10.3 Å². The van der Waals surface area contributed by atoms with Gasteiger partial charge in [0.15, 0.2) is 0 Å². The lowest BCUT2D eigenvalue weighted by Gasteiger charge is -2.27. The maximum absolute atomic E-state index is 6.17. The van der Waals surface area contributed by atoms with Crippen molar-refractivity contribution in [2.45, 2.75) is 45.1 Å². The molecule has 2 atom stereocenters. The average Bonchev–Trinajstić information content (AvgIpc) is 2.90. The largest absolute Gasteiger partial charge is 0.339 e. The number of hydrogen-bond acceptors (Lipinski definition) is 5. The molecule has 5 heteroatoms. The van der Waals surface area contributed by atoms with Crippen molar-refractivity contribution in [3.63, 3.8) is 0 Å². The van der Waals surface area contributed by atoms with Crippen LogP contribution in [0.15, 0.2) is 23.0 Å². The van der Waals surface area contributed by atoms with Crippen molar-refractivity contribution in [2.75, 3.05) is 0 Å². The van der Waals surface area contributed by atoms with Crippen molar-refractivity contribution in [3.8, 4) is 11.4 Å². The van der Waals surface area contributed by atoms with Gasteiger partial charge in [-0.3, -0.25) is 4.98 Å². The summed E-state index contributed by atoms with van der Waals surface area (Å²) in [5.41, 5.74) is 8.19. The Hall–Kier alpha value is -1.75. The van der Waals surface area contributed by atoms with E-state index in [1.54, 1.807) is 12.4 Å². The molecule has 1 saturated carbocycles. The number of nitrogens with two attached hydrogens (primary N) is 1. The molecule has 2 aromatic heterocycles. The van der Waals surface area contributed by atoms with Crippen LogP contribution >= 0.6 is 0 Å². The second-order valence-corrected chi connectivity index (χ2v) is 5.61. The summed E-state index contributed by atoms with van der Waals surface area (Å²) in [6.45, 7) is 2.02. The van der Waals surface area contributed by atoms with Gasteiger partial charge in [-0.2, -0.15) is 4.98 Å². The molecule has 0 saturated heterocycles. The van der Waals surface area contributed by atoms with E-state index in [9.17, 15) is 0 Å². The molecule has 2 unspecified atom stereocenters. The summed E-state index contributed by atoms with van der Waals surface area (Å²) in [6, 6.07) is 2.21. The van der Waals surface area contributed by atoms with Crippen LogP contribution in [0.1, 0.15) is 37.1 Å². The molecule has 0 spiro atoms. The Morgan fingerprint density at radius 1 is 1.35 bits per heavy atom. The summed E-state index contributed by atoms with van der Waals surface area (Å²) in [6.07, 6.45) is 9.07. The van der Waals surface area contributed by atoms with Gasteiger partial charge in [-0.05, 0) is 37.3 Å². The smallest absolute Gasteiger partial charge is 0.227 e. The highest BCUT2D eigenvalue weighted by atomic mass is 16.5. The number of pyridine rings is 1. The fraction of sp³-hybridized carbons (Fsp3) is 0.533. The minimum absolute atomic E-state index is 0.263. The van der Waals surface area contributed by atoms with Gasteiger partial charge in [0.2, 0.25) is 11.7 Å². The van der Waals surface area contributed by atoms with Gasteiger partial charge >= 0.3 is 0 Å². The second-order valence-electron chi connectivity index (χ2n) is 5.61. The van der Waals surface area contributed by atoms with Gasteiger partial charge in [-0.15, -0.1) is 0 Å². The third-order valence-corrected chi connectivity index (χ3v) is 4.15. The number of nitrogens with zero attached hydrogens (tertiary/aromatic N) is 3. The predicted molar refractivity (Wildman–Crippen MR) is 75.9 cm³/mol. The molecule has 0 aliphatic heterocycles. The van der Waals surface area contributed by atoms with E-state index >= 15 is 0 Å². The zero-order chi connectivity index (χ0) is 13.9. The summed E-state index contributed by atoms with van der Waals surface area (Å²) in [4.78, 5) is 8.61. The van der Waals surface area contributed by atoms with E-state index in [0.29, 0.717) is 17.6 Å². The van der Waals surface area contributed by atoms with Crippen LogP contribution in [0.4, 0.5) is 0 Å². The number of aromatic nitrogens is 3. The van der Waals surface area contributed by atoms with Crippen molar-refractivity contribution in [1.29, 1.82) is 0 Å². The predicted octanol–water partition coefficient (Wildman–Crippen LogP) is 2.50. The van der Waals surface area contributed by atoms with E-state index in [1.165, 1.54) is 12.8 Å². The SMILES string of the molecule is Cc1ccncc1-c1noc(CC2CCCCC2N)n1. The highest BCUT2D eigenvalue weighted by Crippen LogP contribution is 2.27. The van der Waals surface area contributed by atoms with Crippen LogP contribution in [-0.2, 0) is 6.42 Å². The molecule has 3 rings (SSSR count). The first-order valence-electron chi connectivity index (χ1n) is 7.23. The van der Waals surface area contributed by atoms with Crippen LogP contribution in [0.2, 0.25) is 0 Å². The van der Waals surface area contributed by atoms with Gasteiger partial charge < -0.3 is 10.3 Å². The van der Waals surface area contributed by atoms with Gasteiger partial charge in [-0.1, -0.05) is 18.0 Å². The van der Waals surface area contributed by atoms with Gasteiger partial charge in [-0.25, -0.2) is 0 Å². The van der Waals surface area contributed by atoms with Gasteiger partial charge in [0.1, 0.15) is 0 Å². The summed E-state index contributed by atoms with van der Waals surface area (Å²) in [7, 11) is 0. The monoisotopic (exact) mass is 272 g/mol. The molecule has 0 radical (unpaired) electrons. The van der Waals surface area contributed by atoms with Gasteiger partial charge in [0, 0.05) is 30.4 Å². The lowest BCUT2D eigenvalue weighted by molar-refractivity contribution is 0.273. The van der Waals surface area contributed by atoms with Crippen molar-refractivity contribution in [2.24, 2.45) is 11.7 Å². The molecule has 0 aromatic carbocycles. The number of hydrogen-bond donors (Lipinski definition) is 1. The zero-order valence-electron chi connectivity index (χ0n) is 11.7. The van der Waals surface area contributed by atoms with Crippen molar-refractivity contribution in [3.05, 3.63) is 29.9 Å². The number of aryl methyl sites for hydroxylation is 1. The normalized spacial score (nSPS) is 22.9. The van der Waals surface area contributed by atoms with E-state index in [-0.39, 0.29) is 6.04 Å². The Bertz CT molecular complexity index is 581. The average molecular weight is 272 g/mol. The zero-order valence-corrected chi connectivity index (χ0v) is 11.7. The Kier molecular flexibility index (Phi) is 3.78. The quantitative estimate of drug-likeness (QED) is 0.928. The van der Waals surface area contributed by atoms with E-state index in [1.807, 2.05) is 13.0 Å². The first kappa shape index (κ1) is 13.2. The molecule has 20 heavy (non-hydrogen) atoms. The van der Waals surface area contributed by atoms with Gasteiger partial charge in [0.25, 0.3) is 0 Å². The third-order valence-electron chi connectivity index (χ3n) is 4.15. The number of rotatable bonds is 3. The highest BCUT2D eigenvalue weighted by Gasteiger charge is 2.24. The molecule has 106 valence electrons. The topological polar surface area (TPSA) is 77.8 Å². The molecule has 2 aromatic rings. The molecule has 2 heterocycles. The highest BCUT2D eigenvalue weighted by molar-refractivity contribution is 5.57. The van der Waals surface area contributed by atoms with Crippen LogP contribution in [0.5, 0.6) is 0 Å². The molecule has 1 aliphatic rings. The molecule has 1 fully saturated rings. The first-order valence-corrected chi connectivity index (χ1v) is 7.23. The Morgan fingerprint density at radius 3 is 3.00 bits per heavy atom. The Balaban J connectivity index is 1.75. The van der Waals surface area contributed by atoms with Crippen molar-refractivity contribution >= 4 is 0 Å². The first-order chi connectivity index (χ1) is 9.74. The summed E-state index contributed by atoms with van der Waals surface area (Å²) >= 11 is 0. The minimum atomic E-state index is 0.263. The molecule has 5 nitrogen and oxygen atoms in total. The summed E-state index contributed by atoms with van der Waals surface area (Å²) < 4.78 is 5.38. The fourth-order valence-electron chi connectivity index (χ4n) is 2.86. The Labute approximate surface area is 118 Å². The molecule has 2 N–H and O–H groups in total. The Morgan fingerprint density at radius 2 is 2.20 bits per heavy atom. The molecule has 1 aliphatic carbocycles. The fourth-order valence-corrected chi connectivity index (χ4v) is 2.86. The maximum atomic E-state index is 6.17. The third kappa shape index (κ3) is 2.72. The van der Waals surface area contributed by atoms with Crippen LogP contribution in [0.25, 0.3) is 11.4 Å².